The Balaban J connectivity index is 1.89. The van der Waals surface area contributed by atoms with Crippen LogP contribution in [0.25, 0.3) is 0 Å². The second kappa shape index (κ2) is 8.70. The van der Waals surface area contributed by atoms with Crippen LogP contribution in [-0.4, -0.2) is 25.6 Å². The normalized spacial score (nSPS) is 10.1. The van der Waals surface area contributed by atoms with Crippen molar-refractivity contribution < 1.29 is 19.1 Å². The molecule has 0 aliphatic rings. The molecule has 0 aromatic heterocycles. The second-order valence-electron chi connectivity index (χ2n) is 4.79. The SMILES string of the molecule is COc1ccc(Cl)cc1C(=O)OCC(=O)NCc1ccccc1Br. The van der Waals surface area contributed by atoms with Gasteiger partial charge in [0.15, 0.2) is 6.61 Å². The fourth-order valence-corrected chi connectivity index (χ4v) is 2.53. The first-order chi connectivity index (χ1) is 11.5. The van der Waals surface area contributed by atoms with Crippen molar-refractivity contribution in [3.05, 3.63) is 63.1 Å². The number of carbonyl (C=O) groups excluding carboxylic acids is 2. The zero-order valence-electron chi connectivity index (χ0n) is 12.8. The maximum atomic E-state index is 12.1. The number of ether oxygens (including phenoxy) is 2. The Morgan fingerprint density at radius 1 is 1.21 bits per heavy atom. The van der Waals surface area contributed by atoms with Crippen LogP contribution in [-0.2, 0) is 16.1 Å². The predicted molar refractivity (Wildman–Crippen MR) is 94.3 cm³/mol. The molecular weight excluding hydrogens is 398 g/mol. The van der Waals surface area contributed by atoms with Crippen molar-refractivity contribution in [3.8, 4) is 5.75 Å². The molecule has 1 amide bonds. The van der Waals surface area contributed by atoms with Crippen LogP contribution >= 0.6 is 27.5 Å². The minimum absolute atomic E-state index is 0.170. The summed E-state index contributed by atoms with van der Waals surface area (Å²) in [5, 5.41) is 3.06. The van der Waals surface area contributed by atoms with Gasteiger partial charge in [-0.25, -0.2) is 4.79 Å². The van der Waals surface area contributed by atoms with E-state index in [1.165, 1.54) is 13.2 Å². The highest BCUT2D eigenvalue weighted by Gasteiger charge is 2.16. The van der Waals surface area contributed by atoms with E-state index in [2.05, 4.69) is 21.2 Å². The van der Waals surface area contributed by atoms with Gasteiger partial charge in [-0.3, -0.25) is 4.79 Å². The van der Waals surface area contributed by atoms with Crippen LogP contribution in [0.5, 0.6) is 5.75 Å². The number of benzene rings is 2. The van der Waals surface area contributed by atoms with Gasteiger partial charge >= 0.3 is 5.97 Å². The maximum absolute atomic E-state index is 12.1. The van der Waals surface area contributed by atoms with E-state index in [9.17, 15) is 9.59 Å². The Morgan fingerprint density at radius 3 is 2.67 bits per heavy atom. The van der Waals surface area contributed by atoms with Crippen LogP contribution in [0.4, 0.5) is 0 Å². The molecule has 0 radical (unpaired) electrons. The van der Waals surface area contributed by atoms with E-state index in [1.54, 1.807) is 12.1 Å². The van der Waals surface area contributed by atoms with Crippen LogP contribution in [0, 0.1) is 0 Å². The van der Waals surface area contributed by atoms with Gasteiger partial charge in [-0.15, -0.1) is 0 Å². The predicted octanol–water partition coefficient (Wildman–Crippen LogP) is 3.58. The molecule has 2 aromatic carbocycles. The third-order valence-corrected chi connectivity index (χ3v) is 4.16. The molecule has 0 bridgehead atoms. The maximum Gasteiger partial charge on any atom is 0.342 e. The molecule has 0 saturated heterocycles. The highest BCUT2D eigenvalue weighted by atomic mass is 79.9. The van der Waals surface area contributed by atoms with Gasteiger partial charge in [0.2, 0.25) is 0 Å². The quantitative estimate of drug-likeness (QED) is 0.737. The van der Waals surface area contributed by atoms with E-state index >= 15 is 0 Å². The van der Waals surface area contributed by atoms with Gasteiger partial charge in [0.1, 0.15) is 11.3 Å². The first kappa shape index (κ1) is 18.3. The van der Waals surface area contributed by atoms with Gasteiger partial charge in [0, 0.05) is 16.0 Å². The van der Waals surface area contributed by atoms with E-state index in [0.717, 1.165) is 10.0 Å². The number of halogens is 2. The van der Waals surface area contributed by atoms with E-state index in [1.807, 2.05) is 24.3 Å². The number of esters is 1. The first-order valence-corrected chi connectivity index (χ1v) is 8.19. The van der Waals surface area contributed by atoms with Crippen molar-refractivity contribution in [1.29, 1.82) is 0 Å². The Labute approximate surface area is 153 Å². The lowest BCUT2D eigenvalue weighted by molar-refractivity contribution is -0.124. The highest BCUT2D eigenvalue weighted by Crippen LogP contribution is 2.23. The lowest BCUT2D eigenvalue weighted by Crippen LogP contribution is -2.28. The number of amides is 1. The number of rotatable bonds is 6. The molecule has 0 unspecified atom stereocenters. The van der Waals surface area contributed by atoms with E-state index in [4.69, 9.17) is 21.1 Å². The average molecular weight is 413 g/mol. The summed E-state index contributed by atoms with van der Waals surface area (Å²) >= 11 is 9.26. The monoisotopic (exact) mass is 411 g/mol. The Kier molecular flexibility index (Phi) is 6.63. The van der Waals surface area contributed by atoms with Gasteiger partial charge in [-0.1, -0.05) is 45.7 Å². The Bertz CT molecular complexity index is 751. The topological polar surface area (TPSA) is 64.6 Å². The van der Waals surface area contributed by atoms with Crippen LogP contribution in [0.1, 0.15) is 15.9 Å². The van der Waals surface area contributed by atoms with Gasteiger partial charge in [-0.2, -0.15) is 0 Å². The van der Waals surface area contributed by atoms with Crippen LogP contribution in [0.15, 0.2) is 46.9 Å². The average Bonchev–Trinajstić information content (AvgIpc) is 2.59. The summed E-state index contributed by atoms with van der Waals surface area (Å²) in [7, 11) is 1.43. The first-order valence-electron chi connectivity index (χ1n) is 7.02. The largest absolute Gasteiger partial charge is 0.496 e. The standard InChI is InChI=1S/C17H15BrClNO4/c1-23-15-7-6-12(19)8-13(15)17(22)24-10-16(21)20-9-11-4-2-3-5-14(11)18/h2-8H,9-10H2,1H3,(H,20,21). The summed E-state index contributed by atoms with van der Waals surface area (Å²) in [5.41, 5.74) is 1.09. The molecule has 5 nitrogen and oxygen atoms in total. The molecule has 2 aromatic rings. The molecule has 0 aliphatic heterocycles. The fourth-order valence-electron chi connectivity index (χ4n) is 1.94. The summed E-state index contributed by atoms with van der Waals surface area (Å²) < 4.78 is 11.0. The zero-order chi connectivity index (χ0) is 17.5. The highest BCUT2D eigenvalue weighted by molar-refractivity contribution is 9.10. The number of hydrogen-bond acceptors (Lipinski definition) is 4. The molecule has 2 rings (SSSR count). The molecular formula is C17H15BrClNO4. The molecule has 0 heterocycles. The van der Waals surface area contributed by atoms with Crippen LogP contribution in [0.2, 0.25) is 5.02 Å². The smallest absolute Gasteiger partial charge is 0.342 e. The molecule has 0 saturated carbocycles. The molecule has 126 valence electrons. The van der Waals surface area contributed by atoms with Crippen molar-refractivity contribution in [1.82, 2.24) is 5.32 Å². The molecule has 0 spiro atoms. The molecule has 7 heteroatoms. The van der Waals surface area contributed by atoms with Crippen molar-refractivity contribution in [2.24, 2.45) is 0 Å². The van der Waals surface area contributed by atoms with Crippen molar-refractivity contribution in [2.45, 2.75) is 6.54 Å². The second-order valence-corrected chi connectivity index (χ2v) is 6.08. The van der Waals surface area contributed by atoms with Crippen molar-refractivity contribution in [3.63, 3.8) is 0 Å². The molecule has 0 atom stereocenters. The molecule has 24 heavy (non-hydrogen) atoms. The van der Waals surface area contributed by atoms with Crippen LogP contribution < -0.4 is 10.1 Å². The summed E-state index contributed by atoms with van der Waals surface area (Å²) in [6, 6.07) is 12.1. The summed E-state index contributed by atoms with van der Waals surface area (Å²) in [4.78, 5) is 23.9. The Hall–Kier alpha value is -2.05. The van der Waals surface area contributed by atoms with Gasteiger partial charge in [0.05, 0.1) is 7.11 Å². The minimum atomic E-state index is -0.676. The summed E-state index contributed by atoms with van der Waals surface area (Å²) in [6.07, 6.45) is 0. The number of nitrogens with one attached hydrogen (secondary N) is 1. The Morgan fingerprint density at radius 2 is 1.96 bits per heavy atom. The summed E-state index contributed by atoms with van der Waals surface area (Å²) in [5.74, 6) is -0.747. The molecule has 0 fully saturated rings. The number of methoxy groups -OCH3 is 1. The zero-order valence-corrected chi connectivity index (χ0v) is 15.2. The lowest BCUT2D eigenvalue weighted by atomic mass is 10.2. The van der Waals surface area contributed by atoms with Crippen molar-refractivity contribution >= 4 is 39.4 Å². The van der Waals surface area contributed by atoms with Crippen molar-refractivity contribution in [2.75, 3.05) is 13.7 Å². The molecule has 1 N–H and O–H groups in total. The van der Waals surface area contributed by atoms with Gasteiger partial charge in [0.25, 0.3) is 5.91 Å². The summed E-state index contributed by atoms with van der Waals surface area (Å²) in [6.45, 7) is -0.0583. The third-order valence-electron chi connectivity index (χ3n) is 3.15. The lowest BCUT2D eigenvalue weighted by Gasteiger charge is -2.10. The number of hydrogen-bond donors (Lipinski definition) is 1. The van der Waals surface area contributed by atoms with Gasteiger partial charge < -0.3 is 14.8 Å². The third kappa shape index (κ3) is 4.97. The number of carbonyl (C=O) groups is 2. The van der Waals surface area contributed by atoms with E-state index < -0.39 is 11.9 Å². The molecule has 0 aliphatic carbocycles. The van der Waals surface area contributed by atoms with Crippen LogP contribution in [0.3, 0.4) is 0 Å². The van der Waals surface area contributed by atoms with E-state index in [-0.39, 0.29) is 12.2 Å². The minimum Gasteiger partial charge on any atom is -0.496 e. The van der Waals surface area contributed by atoms with Gasteiger partial charge in [-0.05, 0) is 29.8 Å². The fraction of sp³-hybridized carbons (Fsp3) is 0.176. The van der Waals surface area contributed by atoms with E-state index in [0.29, 0.717) is 17.3 Å².